The highest BCUT2D eigenvalue weighted by atomic mass is 16.7. The maximum atomic E-state index is 11.2. The summed E-state index contributed by atoms with van der Waals surface area (Å²) >= 11 is 0. The summed E-state index contributed by atoms with van der Waals surface area (Å²) in [4.78, 5) is 11.2. The molecule has 0 aliphatic carbocycles. The average Bonchev–Trinajstić information content (AvgIpc) is 2.67. The molecule has 1 atom stereocenters. The Labute approximate surface area is 155 Å². The Bertz CT molecular complexity index is 663. The Morgan fingerprint density at radius 1 is 1.38 bits per heavy atom. The van der Waals surface area contributed by atoms with Crippen molar-refractivity contribution in [3.05, 3.63) is 35.4 Å². The maximum Gasteiger partial charge on any atom is 0.330 e. The van der Waals surface area contributed by atoms with Gasteiger partial charge in [-0.15, -0.1) is 0 Å². The number of rotatable bonds is 7. The van der Waals surface area contributed by atoms with E-state index in [1.807, 2.05) is 6.07 Å². The zero-order valence-electron chi connectivity index (χ0n) is 15.2. The minimum Gasteiger partial charge on any atom is -0.507 e. The molecule has 1 heterocycles. The molecular formula is C21H26O5. The predicted octanol–water partition coefficient (Wildman–Crippen LogP) is 3.64. The second-order valence-corrected chi connectivity index (χ2v) is 6.02. The molecule has 1 unspecified atom stereocenters. The van der Waals surface area contributed by atoms with E-state index < -0.39 is 5.97 Å². The quantitative estimate of drug-likeness (QED) is 0.349. The first kappa shape index (κ1) is 20.0. The second kappa shape index (κ2) is 11.3. The van der Waals surface area contributed by atoms with Crippen LogP contribution in [0.3, 0.4) is 0 Å². The van der Waals surface area contributed by atoms with Crippen molar-refractivity contribution < 1.29 is 24.1 Å². The van der Waals surface area contributed by atoms with E-state index in [9.17, 15) is 9.90 Å². The van der Waals surface area contributed by atoms with Gasteiger partial charge in [0.25, 0.3) is 0 Å². The van der Waals surface area contributed by atoms with Crippen molar-refractivity contribution in [1.29, 1.82) is 0 Å². The molecule has 0 spiro atoms. The molecule has 140 valence electrons. The third-order valence-corrected chi connectivity index (χ3v) is 4.03. The zero-order chi connectivity index (χ0) is 18.6. The van der Waals surface area contributed by atoms with E-state index in [2.05, 4.69) is 16.6 Å². The van der Waals surface area contributed by atoms with Crippen molar-refractivity contribution in [2.75, 3.05) is 20.3 Å². The van der Waals surface area contributed by atoms with Gasteiger partial charge in [-0.2, -0.15) is 0 Å². The Morgan fingerprint density at radius 2 is 2.27 bits per heavy atom. The molecule has 1 aromatic rings. The summed E-state index contributed by atoms with van der Waals surface area (Å²) in [5, 5.41) is 9.97. The normalized spacial score (nSPS) is 16.9. The number of benzene rings is 1. The van der Waals surface area contributed by atoms with Crippen LogP contribution in [-0.4, -0.2) is 37.7 Å². The lowest BCUT2D eigenvalue weighted by atomic mass is 10.1. The molecule has 5 nitrogen and oxygen atoms in total. The van der Waals surface area contributed by atoms with Gasteiger partial charge >= 0.3 is 5.97 Å². The van der Waals surface area contributed by atoms with Gasteiger partial charge in [0.05, 0.1) is 7.11 Å². The van der Waals surface area contributed by atoms with Crippen LogP contribution in [0.4, 0.5) is 0 Å². The van der Waals surface area contributed by atoms with Gasteiger partial charge in [-0.1, -0.05) is 17.9 Å². The highest BCUT2D eigenvalue weighted by Crippen LogP contribution is 2.22. The number of phenolic OH excluding ortho intramolecular Hbond substituents is 1. The molecule has 0 saturated carbocycles. The lowest BCUT2D eigenvalue weighted by Gasteiger charge is -2.22. The number of carbonyl (C=O) groups is 1. The molecule has 1 aliphatic rings. The van der Waals surface area contributed by atoms with E-state index in [0.717, 1.165) is 38.7 Å². The minimum atomic E-state index is -0.478. The number of carbonyl (C=O) groups excluding carboxylic acids is 1. The molecule has 2 rings (SSSR count). The van der Waals surface area contributed by atoms with E-state index in [4.69, 9.17) is 9.47 Å². The van der Waals surface area contributed by atoms with Gasteiger partial charge in [0.1, 0.15) is 5.75 Å². The lowest BCUT2D eigenvalue weighted by Crippen LogP contribution is -2.22. The lowest BCUT2D eigenvalue weighted by molar-refractivity contribution is -0.162. The van der Waals surface area contributed by atoms with Crippen molar-refractivity contribution in [3.8, 4) is 17.6 Å². The monoisotopic (exact) mass is 358 g/mol. The third-order valence-electron chi connectivity index (χ3n) is 4.03. The van der Waals surface area contributed by atoms with Crippen molar-refractivity contribution in [2.45, 2.75) is 44.8 Å². The smallest absolute Gasteiger partial charge is 0.330 e. The molecule has 1 saturated heterocycles. The Morgan fingerprint density at radius 3 is 3.04 bits per heavy atom. The van der Waals surface area contributed by atoms with Gasteiger partial charge in [-0.3, -0.25) is 0 Å². The molecule has 0 amide bonds. The molecule has 0 radical (unpaired) electrons. The molecule has 1 aliphatic heterocycles. The second-order valence-electron chi connectivity index (χ2n) is 6.02. The van der Waals surface area contributed by atoms with Crippen molar-refractivity contribution in [3.63, 3.8) is 0 Å². The van der Waals surface area contributed by atoms with Crippen molar-refractivity contribution in [2.24, 2.45) is 0 Å². The standard InChI is InChI=1S/C21H26O5/c1-24-20(23)14-13-18-17(10-8-11-19(18)22)9-4-2-3-6-15-25-21-12-5-7-16-26-21/h8,10-11,13-14,21-22H,2-3,5-7,12,15-16H2,1H3/b14-13+. The number of esters is 1. The van der Waals surface area contributed by atoms with Gasteiger partial charge in [0.15, 0.2) is 6.29 Å². The molecule has 26 heavy (non-hydrogen) atoms. The van der Waals surface area contributed by atoms with Crippen molar-refractivity contribution >= 4 is 12.0 Å². The van der Waals surface area contributed by atoms with Crippen LogP contribution < -0.4 is 0 Å². The first-order valence-corrected chi connectivity index (χ1v) is 9.01. The fraction of sp³-hybridized carbons (Fsp3) is 0.476. The van der Waals surface area contributed by atoms with E-state index in [1.165, 1.54) is 25.7 Å². The van der Waals surface area contributed by atoms with Gasteiger partial charge in [-0.25, -0.2) is 4.79 Å². The van der Waals surface area contributed by atoms with Crippen LogP contribution in [0.15, 0.2) is 24.3 Å². The molecule has 0 aromatic heterocycles. The number of ether oxygens (including phenoxy) is 3. The van der Waals surface area contributed by atoms with Crippen LogP contribution in [0.5, 0.6) is 5.75 Å². The number of hydrogen-bond donors (Lipinski definition) is 1. The van der Waals surface area contributed by atoms with Crippen LogP contribution in [0.25, 0.3) is 6.08 Å². The zero-order valence-corrected chi connectivity index (χ0v) is 15.2. The SMILES string of the molecule is COC(=O)/C=C/c1c(O)cccc1C#CCCCCOC1CCCCO1. The molecule has 1 aromatic carbocycles. The number of aromatic hydroxyl groups is 1. The largest absolute Gasteiger partial charge is 0.507 e. The average molecular weight is 358 g/mol. The minimum absolute atomic E-state index is 0.0358. The molecule has 1 N–H and O–H groups in total. The fourth-order valence-corrected chi connectivity index (χ4v) is 2.59. The third kappa shape index (κ3) is 6.91. The van der Waals surface area contributed by atoms with Gasteiger partial charge in [0, 0.05) is 36.8 Å². The Balaban J connectivity index is 1.79. The van der Waals surface area contributed by atoms with Gasteiger partial charge < -0.3 is 19.3 Å². The number of phenols is 1. The first-order valence-electron chi connectivity index (χ1n) is 9.01. The highest BCUT2D eigenvalue weighted by Gasteiger charge is 2.13. The first-order chi connectivity index (χ1) is 12.7. The van der Waals surface area contributed by atoms with Gasteiger partial charge in [-0.05, 0) is 50.3 Å². The van der Waals surface area contributed by atoms with E-state index in [0.29, 0.717) is 17.7 Å². The van der Waals surface area contributed by atoms with E-state index in [1.54, 1.807) is 12.1 Å². The van der Waals surface area contributed by atoms with Crippen LogP contribution >= 0.6 is 0 Å². The fourth-order valence-electron chi connectivity index (χ4n) is 2.59. The summed E-state index contributed by atoms with van der Waals surface area (Å²) in [5.41, 5.74) is 1.19. The van der Waals surface area contributed by atoms with E-state index >= 15 is 0 Å². The summed E-state index contributed by atoms with van der Waals surface area (Å²) < 4.78 is 15.8. The maximum absolute atomic E-state index is 11.2. The van der Waals surface area contributed by atoms with Crippen LogP contribution in [0.2, 0.25) is 0 Å². The number of hydrogen-bond acceptors (Lipinski definition) is 5. The highest BCUT2D eigenvalue weighted by molar-refractivity contribution is 5.88. The summed E-state index contributed by atoms with van der Waals surface area (Å²) in [7, 11) is 1.31. The van der Waals surface area contributed by atoms with E-state index in [-0.39, 0.29) is 12.0 Å². The van der Waals surface area contributed by atoms with Crippen LogP contribution in [0.1, 0.15) is 49.7 Å². The number of methoxy groups -OCH3 is 1. The molecule has 0 bridgehead atoms. The van der Waals surface area contributed by atoms with Crippen molar-refractivity contribution in [1.82, 2.24) is 0 Å². The predicted molar refractivity (Wildman–Crippen MR) is 99.4 cm³/mol. The summed E-state index contributed by atoms with van der Waals surface area (Å²) in [5.74, 6) is 5.77. The Kier molecular flexibility index (Phi) is 8.74. The topological polar surface area (TPSA) is 65.0 Å². The van der Waals surface area contributed by atoms with Crippen LogP contribution in [-0.2, 0) is 19.0 Å². The summed E-state index contributed by atoms with van der Waals surface area (Å²) in [6.45, 7) is 1.48. The Hall–Kier alpha value is -2.29. The molecular weight excluding hydrogens is 332 g/mol. The summed E-state index contributed by atoms with van der Waals surface area (Å²) in [6, 6.07) is 5.10. The molecule has 1 fully saturated rings. The number of unbranched alkanes of at least 4 members (excludes halogenated alkanes) is 2. The summed E-state index contributed by atoms with van der Waals surface area (Å²) in [6.07, 6.45) is 8.65. The van der Waals surface area contributed by atoms with Crippen LogP contribution in [0, 0.1) is 11.8 Å². The molecule has 5 heteroatoms. The van der Waals surface area contributed by atoms with Gasteiger partial charge in [0.2, 0.25) is 0 Å².